The Morgan fingerprint density at radius 3 is 2.31 bits per heavy atom. The van der Waals surface area contributed by atoms with Gasteiger partial charge < -0.3 is 15.4 Å². The van der Waals surface area contributed by atoms with Crippen LogP contribution >= 0.6 is 0 Å². The highest BCUT2D eigenvalue weighted by molar-refractivity contribution is 6.04. The van der Waals surface area contributed by atoms with Crippen LogP contribution in [0, 0.1) is 6.92 Å². The SMILES string of the molecule is Cc1ccccc1OC(C)C(=O)Nc1ccccc1C(=O)NCc1ccccc1. The van der Waals surface area contributed by atoms with Gasteiger partial charge in [0, 0.05) is 6.54 Å². The molecule has 0 aliphatic heterocycles. The number of carbonyl (C=O) groups is 2. The number of amides is 2. The number of carbonyl (C=O) groups excluding carboxylic acids is 2. The van der Waals surface area contributed by atoms with Crippen LogP contribution in [0.15, 0.2) is 78.9 Å². The second-order valence-electron chi connectivity index (χ2n) is 6.73. The Morgan fingerprint density at radius 1 is 0.897 bits per heavy atom. The van der Waals surface area contributed by atoms with Crippen LogP contribution in [0.4, 0.5) is 5.69 Å². The lowest BCUT2D eigenvalue weighted by molar-refractivity contribution is -0.122. The maximum absolute atomic E-state index is 12.6. The van der Waals surface area contributed by atoms with Crippen molar-refractivity contribution in [3.8, 4) is 5.75 Å². The van der Waals surface area contributed by atoms with Crippen molar-refractivity contribution in [2.75, 3.05) is 5.32 Å². The third kappa shape index (κ3) is 5.45. The maximum atomic E-state index is 12.6. The van der Waals surface area contributed by atoms with Crippen LogP contribution in [0.25, 0.3) is 0 Å². The molecule has 0 radical (unpaired) electrons. The van der Waals surface area contributed by atoms with Crippen LogP contribution in [-0.2, 0) is 11.3 Å². The van der Waals surface area contributed by atoms with Crippen molar-refractivity contribution in [1.29, 1.82) is 0 Å². The summed E-state index contributed by atoms with van der Waals surface area (Å²) in [6.45, 7) is 4.01. The van der Waals surface area contributed by atoms with E-state index in [-0.39, 0.29) is 11.8 Å². The molecule has 0 heterocycles. The van der Waals surface area contributed by atoms with Gasteiger partial charge in [0.15, 0.2) is 6.10 Å². The minimum Gasteiger partial charge on any atom is -0.481 e. The Kier molecular flexibility index (Phi) is 6.63. The van der Waals surface area contributed by atoms with E-state index in [9.17, 15) is 9.59 Å². The number of para-hydroxylation sites is 2. The first kappa shape index (κ1) is 20.1. The predicted octanol–water partition coefficient (Wildman–Crippen LogP) is 4.33. The van der Waals surface area contributed by atoms with Gasteiger partial charge in [-0.2, -0.15) is 0 Å². The normalized spacial score (nSPS) is 11.4. The average Bonchev–Trinajstić information content (AvgIpc) is 2.74. The number of benzene rings is 3. The molecule has 0 aliphatic carbocycles. The molecule has 5 nitrogen and oxygen atoms in total. The van der Waals surface area contributed by atoms with Gasteiger partial charge in [-0.25, -0.2) is 0 Å². The summed E-state index contributed by atoms with van der Waals surface area (Å²) in [4.78, 5) is 25.2. The van der Waals surface area contributed by atoms with E-state index in [1.807, 2.05) is 61.5 Å². The zero-order valence-corrected chi connectivity index (χ0v) is 16.5. The van der Waals surface area contributed by atoms with E-state index in [1.54, 1.807) is 31.2 Å². The molecule has 3 aromatic rings. The molecule has 0 bridgehead atoms. The van der Waals surface area contributed by atoms with Gasteiger partial charge >= 0.3 is 0 Å². The van der Waals surface area contributed by atoms with Crippen molar-refractivity contribution in [2.24, 2.45) is 0 Å². The number of aryl methyl sites for hydroxylation is 1. The first-order valence-electron chi connectivity index (χ1n) is 9.49. The Bertz CT molecular complexity index is 986. The van der Waals surface area contributed by atoms with E-state index in [4.69, 9.17) is 4.74 Å². The molecule has 0 saturated heterocycles. The fraction of sp³-hybridized carbons (Fsp3) is 0.167. The van der Waals surface area contributed by atoms with Crippen LogP contribution in [-0.4, -0.2) is 17.9 Å². The fourth-order valence-corrected chi connectivity index (χ4v) is 2.83. The molecule has 0 spiro atoms. The lowest BCUT2D eigenvalue weighted by Crippen LogP contribution is -2.31. The number of anilines is 1. The van der Waals surface area contributed by atoms with E-state index in [0.717, 1.165) is 11.1 Å². The summed E-state index contributed by atoms with van der Waals surface area (Å²) in [5.74, 6) is 0.0813. The summed E-state index contributed by atoms with van der Waals surface area (Å²) in [6.07, 6.45) is -0.712. The van der Waals surface area contributed by atoms with Crippen LogP contribution < -0.4 is 15.4 Å². The third-order valence-corrected chi connectivity index (χ3v) is 4.49. The van der Waals surface area contributed by atoms with Gasteiger partial charge in [-0.1, -0.05) is 60.7 Å². The summed E-state index contributed by atoms with van der Waals surface area (Å²) in [7, 11) is 0. The molecule has 3 rings (SSSR count). The Morgan fingerprint density at radius 2 is 1.55 bits per heavy atom. The largest absolute Gasteiger partial charge is 0.481 e. The summed E-state index contributed by atoms with van der Waals surface area (Å²) in [5.41, 5.74) is 2.80. The molecular formula is C24H24N2O3. The van der Waals surface area contributed by atoms with Crippen molar-refractivity contribution in [3.63, 3.8) is 0 Å². The number of hydrogen-bond donors (Lipinski definition) is 2. The van der Waals surface area contributed by atoms with Gasteiger partial charge in [0.25, 0.3) is 11.8 Å². The van der Waals surface area contributed by atoms with Gasteiger partial charge in [-0.3, -0.25) is 9.59 Å². The van der Waals surface area contributed by atoms with E-state index < -0.39 is 6.10 Å². The minimum atomic E-state index is -0.712. The van der Waals surface area contributed by atoms with E-state index >= 15 is 0 Å². The molecule has 1 unspecified atom stereocenters. The van der Waals surface area contributed by atoms with Crippen molar-refractivity contribution >= 4 is 17.5 Å². The first-order valence-corrected chi connectivity index (χ1v) is 9.49. The zero-order chi connectivity index (χ0) is 20.6. The molecule has 1 atom stereocenters. The second-order valence-corrected chi connectivity index (χ2v) is 6.73. The monoisotopic (exact) mass is 388 g/mol. The quantitative estimate of drug-likeness (QED) is 0.633. The van der Waals surface area contributed by atoms with Crippen LogP contribution in [0.5, 0.6) is 5.75 Å². The van der Waals surface area contributed by atoms with Crippen LogP contribution in [0.2, 0.25) is 0 Å². The Labute approximate surface area is 170 Å². The zero-order valence-electron chi connectivity index (χ0n) is 16.5. The Hall–Kier alpha value is -3.60. The summed E-state index contributed by atoms with van der Waals surface area (Å²) < 4.78 is 5.77. The number of ether oxygens (including phenoxy) is 1. The Balaban J connectivity index is 1.65. The average molecular weight is 388 g/mol. The van der Waals surface area contributed by atoms with Crippen molar-refractivity contribution in [1.82, 2.24) is 5.32 Å². The molecule has 29 heavy (non-hydrogen) atoms. The summed E-state index contributed by atoms with van der Waals surface area (Å²) in [6, 6.07) is 24.1. The summed E-state index contributed by atoms with van der Waals surface area (Å²) >= 11 is 0. The second kappa shape index (κ2) is 9.55. The molecule has 2 amide bonds. The lowest BCUT2D eigenvalue weighted by atomic mass is 10.1. The van der Waals surface area contributed by atoms with Gasteiger partial charge in [0.1, 0.15) is 5.75 Å². The molecule has 148 valence electrons. The highest BCUT2D eigenvalue weighted by atomic mass is 16.5. The van der Waals surface area contributed by atoms with Crippen molar-refractivity contribution in [2.45, 2.75) is 26.5 Å². The topological polar surface area (TPSA) is 67.4 Å². The van der Waals surface area contributed by atoms with Crippen molar-refractivity contribution < 1.29 is 14.3 Å². The molecular weight excluding hydrogens is 364 g/mol. The predicted molar refractivity (Wildman–Crippen MR) is 114 cm³/mol. The molecule has 0 fully saturated rings. The van der Waals surface area contributed by atoms with Crippen molar-refractivity contribution in [3.05, 3.63) is 95.6 Å². The van der Waals surface area contributed by atoms with E-state index in [0.29, 0.717) is 23.5 Å². The highest BCUT2D eigenvalue weighted by Crippen LogP contribution is 2.20. The fourth-order valence-electron chi connectivity index (χ4n) is 2.83. The molecule has 5 heteroatoms. The van der Waals surface area contributed by atoms with Gasteiger partial charge in [-0.05, 0) is 43.2 Å². The molecule has 0 saturated carbocycles. The van der Waals surface area contributed by atoms with Gasteiger partial charge in [-0.15, -0.1) is 0 Å². The third-order valence-electron chi connectivity index (χ3n) is 4.49. The number of hydrogen-bond acceptors (Lipinski definition) is 3. The van der Waals surface area contributed by atoms with Crippen LogP contribution in [0.3, 0.4) is 0 Å². The maximum Gasteiger partial charge on any atom is 0.265 e. The standard InChI is InChI=1S/C24H24N2O3/c1-17-10-6-9-15-22(17)29-18(2)23(27)26-21-14-8-7-13-20(21)24(28)25-16-19-11-4-3-5-12-19/h3-15,18H,16H2,1-2H3,(H,25,28)(H,26,27). The number of rotatable bonds is 7. The minimum absolute atomic E-state index is 0.253. The highest BCUT2D eigenvalue weighted by Gasteiger charge is 2.19. The lowest BCUT2D eigenvalue weighted by Gasteiger charge is -2.17. The van der Waals surface area contributed by atoms with Gasteiger partial charge in [0.05, 0.1) is 11.3 Å². The summed E-state index contributed by atoms with van der Waals surface area (Å²) in [5, 5.41) is 5.69. The molecule has 0 aliphatic rings. The molecule has 2 N–H and O–H groups in total. The smallest absolute Gasteiger partial charge is 0.265 e. The van der Waals surface area contributed by atoms with E-state index in [2.05, 4.69) is 10.6 Å². The van der Waals surface area contributed by atoms with Gasteiger partial charge in [0.2, 0.25) is 0 Å². The molecule has 3 aromatic carbocycles. The number of nitrogens with one attached hydrogen (secondary N) is 2. The molecule has 0 aromatic heterocycles. The van der Waals surface area contributed by atoms with Crippen LogP contribution in [0.1, 0.15) is 28.4 Å². The van der Waals surface area contributed by atoms with E-state index in [1.165, 1.54) is 0 Å². The first-order chi connectivity index (χ1) is 14.0.